The molecule has 1 saturated carbocycles. The Balaban J connectivity index is 2.18. The second-order valence-electron chi connectivity index (χ2n) is 5.62. The highest BCUT2D eigenvalue weighted by Crippen LogP contribution is 2.41. The monoisotopic (exact) mass is 231 g/mol. The molecule has 0 amide bonds. The van der Waals surface area contributed by atoms with Gasteiger partial charge in [0.15, 0.2) is 0 Å². The average molecular weight is 231 g/mol. The highest BCUT2D eigenvalue weighted by atomic mass is 14.8. The van der Waals surface area contributed by atoms with Crippen LogP contribution >= 0.6 is 0 Å². The Morgan fingerprint density at radius 3 is 2.82 bits per heavy atom. The summed E-state index contributed by atoms with van der Waals surface area (Å²) in [4.78, 5) is 0. The van der Waals surface area contributed by atoms with Crippen molar-refractivity contribution in [3.05, 3.63) is 35.4 Å². The molecule has 94 valence electrons. The van der Waals surface area contributed by atoms with Gasteiger partial charge in [0, 0.05) is 5.54 Å². The summed E-state index contributed by atoms with van der Waals surface area (Å²) in [5, 5.41) is 0. The largest absolute Gasteiger partial charge is 0.321 e. The van der Waals surface area contributed by atoms with Crippen LogP contribution in [0.15, 0.2) is 24.3 Å². The van der Waals surface area contributed by atoms with Crippen LogP contribution in [-0.2, 0) is 12.0 Å². The van der Waals surface area contributed by atoms with Crippen LogP contribution in [0.3, 0.4) is 0 Å². The van der Waals surface area contributed by atoms with E-state index in [2.05, 4.69) is 38.1 Å². The summed E-state index contributed by atoms with van der Waals surface area (Å²) in [5.41, 5.74) is 9.36. The molecule has 0 bridgehead atoms. The lowest BCUT2D eigenvalue weighted by Crippen LogP contribution is -2.33. The third-order valence-corrected chi connectivity index (χ3v) is 4.27. The number of hydrogen-bond acceptors (Lipinski definition) is 1. The normalized spacial score (nSPS) is 28.5. The molecule has 1 aromatic carbocycles. The molecule has 2 unspecified atom stereocenters. The van der Waals surface area contributed by atoms with Gasteiger partial charge in [-0.25, -0.2) is 0 Å². The Bertz CT molecular complexity index is 372. The Labute approximate surface area is 105 Å². The van der Waals surface area contributed by atoms with E-state index in [0.717, 1.165) is 12.3 Å². The van der Waals surface area contributed by atoms with Crippen molar-refractivity contribution in [3.63, 3.8) is 0 Å². The number of aryl methyl sites for hydroxylation is 1. The van der Waals surface area contributed by atoms with Crippen molar-refractivity contribution >= 4 is 0 Å². The Morgan fingerprint density at radius 2 is 2.18 bits per heavy atom. The molecule has 1 aliphatic carbocycles. The van der Waals surface area contributed by atoms with Crippen LogP contribution in [0.5, 0.6) is 0 Å². The lowest BCUT2D eigenvalue weighted by molar-refractivity contribution is 0.424. The molecule has 0 aromatic heterocycles. The van der Waals surface area contributed by atoms with Gasteiger partial charge in [0.2, 0.25) is 0 Å². The zero-order valence-electron chi connectivity index (χ0n) is 11.2. The van der Waals surface area contributed by atoms with E-state index in [4.69, 9.17) is 5.73 Å². The van der Waals surface area contributed by atoms with E-state index < -0.39 is 0 Å². The summed E-state index contributed by atoms with van der Waals surface area (Å²) in [6.45, 7) is 4.51. The predicted molar refractivity (Wildman–Crippen MR) is 73.9 cm³/mol. The summed E-state index contributed by atoms with van der Waals surface area (Å²) < 4.78 is 0. The van der Waals surface area contributed by atoms with Gasteiger partial charge >= 0.3 is 0 Å². The first-order valence-electron chi connectivity index (χ1n) is 7.06. The second-order valence-corrected chi connectivity index (χ2v) is 5.62. The first kappa shape index (κ1) is 12.6. The molecule has 0 saturated heterocycles. The molecule has 2 N–H and O–H groups in total. The molecular formula is C16H25N. The summed E-state index contributed by atoms with van der Waals surface area (Å²) in [6, 6.07) is 8.95. The van der Waals surface area contributed by atoms with Crippen molar-refractivity contribution in [3.8, 4) is 0 Å². The van der Waals surface area contributed by atoms with Gasteiger partial charge in [0.25, 0.3) is 0 Å². The standard InChI is InChI=1S/C16H25N/c1-3-6-14-7-5-8-15(11-14)16(17)10-9-13(4-2)12-16/h5,7-8,11,13H,3-4,6,9-10,12,17H2,1-2H3. The second kappa shape index (κ2) is 5.22. The summed E-state index contributed by atoms with van der Waals surface area (Å²) in [7, 11) is 0. The van der Waals surface area contributed by atoms with Crippen molar-refractivity contribution in [2.24, 2.45) is 11.7 Å². The minimum Gasteiger partial charge on any atom is -0.321 e. The molecule has 1 aliphatic rings. The van der Waals surface area contributed by atoms with Crippen molar-refractivity contribution in [2.45, 2.75) is 57.9 Å². The number of rotatable bonds is 4. The maximum Gasteiger partial charge on any atom is 0.0412 e. The number of benzene rings is 1. The maximum atomic E-state index is 6.61. The summed E-state index contributed by atoms with van der Waals surface area (Å²) in [6.07, 6.45) is 7.26. The summed E-state index contributed by atoms with van der Waals surface area (Å²) >= 11 is 0. The zero-order valence-corrected chi connectivity index (χ0v) is 11.2. The van der Waals surface area contributed by atoms with Gasteiger partial charge in [0.1, 0.15) is 0 Å². The molecule has 17 heavy (non-hydrogen) atoms. The minimum atomic E-state index is -0.0512. The van der Waals surface area contributed by atoms with Crippen LogP contribution in [0.4, 0.5) is 0 Å². The molecule has 0 radical (unpaired) electrons. The van der Waals surface area contributed by atoms with Crippen molar-refractivity contribution in [1.82, 2.24) is 0 Å². The summed E-state index contributed by atoms with van der Waals surface area (Å²) in [5.74, 6) is 0.829. The van der Waals surface area contributed by atoms with Crippen molar-refractivity contribution < 1.29 is 0 Å². The predicted octanol–water partition coefficient (Wildman–Crippen LogP) is 4.00. The third-order valence-electron chi connectivity index (χ3n) is 4.27. The van der Waals surface area contributed by atoms with Gasteiger partial charge in [-0.1, -0.05) is 51.0 Å². The van der Waals surface area contributed by atoms with E-state index in [9.17, 15) is 0 Å². The van der Waals surface area contributed by atoms with Crippen LogP contribution in [-0.4, -0.2) is 0 Å². The molecule has 0 heterocycles. The quantitative estimate of drug-likeness (QED) is 0.832. The van der Waals surface area contributed by atoms with Gasteiger partial charge in [-0.15, -0.1) is 0 Å². The molecule has 1 fully saturated rings. The van der Waals surface area contributed by atoms with Gasteiger partial charge in [-0.3, -0.25) is 0 Å². The van der Waals surface area contributed by atoms with E-state index in [1.807, 2.05) is 0 Å². The van der Waals surface area contributed by atoms with Crippen LogP contribution in [0.2, 0.25) is 0 Å². The van der Waals surface area contributed by atoms with E-state index in [-0.39, 0.29) is 5.54 Å². The molecular weight excluding hydrogens is 206 g/mol. The SMILES string of the molecule is CCCc1cccc(C2(N)CCC(CC)C2)c1. The minimum absolute atomic E-state index is 0.0512. The van der Waals surface area contributed by atoms with Crippen LogP contribution < -0.4 is 5.73 Å². The topological polar surface area (TPSA) is 26.0 Å². The lowest BCUT2D eigenvalue weighted by atomic mass is 9.86. The maximum absolute atomic E-state index is 6.61. The number of hydrogen-bond donors (Lipinski definition) is 1. The first-order valence-corrected chi connectivity index (χ1v) is 7.06. The Morgan fingerprint density at radius 1 is 1.35 bits per heavy atom. The molecule has 2 atom stereocenters. The smallest absolute Gasteiger partial charge is 0.0412 e. The zero-order chi connectivity index (χ0) is 12.3. The van der Waals surface area contributed by atoms with Crippen LogP contribution in [0.1, 0.15) is 57.1 Å². The highest BCUT2D eigenvalue weighted by molar-refractivity contribution is 5.30. The highest BCUT2D eigenvalue weighted by Gasteiger charge is 2.36. The van der Waals surface area contributed by atoms with E-state index >= 15 is 0 Å². The average Bonchev–Trinajstić information content (AvgIpc) is 2.74. The van der Waals surface area contributed by atoms with Gasteiger partial charge in [-0.2, -0.15) is 0 Å². The Kier molecular flexibility index (Phi) is 3.88. The van der Waals surface area contributed by atoms with Crippen LogP contribution in [0.25, 0.3) is 0 Å². The van der Waals surface area contributed by atoms with Gasteiger partial charge in [0.05, 0.1) is 0 Å². The van der Waals surface area contributed by atoms with Crippen LogP contribution in [0, 0.1) is 5.92 Å². The van der Waals surface area contributed by atoms with E-state index in [1.54, 1.807) is 0 Å². The fourth-order valence-electron chi connectivity index (χ4n) is 3.12. The molecule has 1 nitrogen and oxygen atoms in total. The molecule has 0 spiro atoms. The Hall–Kier alpha value is -0.820. The van der Waals surface area contributed by atoms with E-state index in [0.29, 0.717) is 0 Å². The van der Waals surface area contributed by atoms with Gasteiger partial charge in [-0.05, 0) is 42.7 Å². The fourth-order valence-corrected chi connectivity index (χ4v) is 3.12. The molecule has 0 aliphatic heterocycles. The van der Waals surface area contributed by atoms with Crippen molar-refractivity contribution in [2.75, 3.05) is 0 Å². The first-order chi connectivity index (χ1) is 8.18. The lowest BCUT2D eigenvalue weighted by Gasteiger charge is -2.25. The van der Waals surface area contributed by atoms with Gasteiger partial charge < -0.3 is 5.73 Å². The molecule has 1 aromatic rings. The van der Waals surface area contributed by atoms with Crippen molar-refractivity contribution in [1.29, 1.82) is 0 Å². The van der Waals surface area contributed by atoms with E-state index in [1.165, 1.54) is 43.2 Å². The number of nitrogens with two attached hydrogens (primary N) is 1. The molecule has 1 heteroatoms. The third kappa shape index (κ3) is 2.71. The fraction of sp³-hybridized carbons (Fsp3) is 0.625. The molecule has 2 rings (SSSR count).